The molecule has 7 heteroatoms. The molecule has 1 aliphatic heterocycles. The first-order chi connectivity index (χ1) is 13.9. The van der Waals surface area contributed by atoms with Crippen LogP contribution in [0.4, 0.5) is 10.5 Å². The van der Waals surface area contributed by atoms with E-state index in [1.165, 1.54) is 13.1 Å². The topological polar surface area (TPSA) is 91.5 Å². The number of carbonyl (C=O) groups excluding carboxylic acids is 2. The Morgan fingerprint density at radius 1 is 1.21 bits per heavy atom. The predicted octanol–water partition coefficient (Wildman–Crippen LogP) is 3.51. The van der Waals surface area contributed by atoms with Crippen molar-refractivity contribution in [2.24, 2.45) is 5.92 Å². The Morgan fingerprint density at radius 3 is 2.59 bits per heavy atom. The van der Waals surface area contributed by atoms with Crippen molar-refractivity contribution in [3.63, 3.8) is 0 Å². The maximum atomic E-state index is 12.6. The van der Waals surface area contributed by atoms with Gasteiger partial charge in [0.05, 0.1) is 6.04 Å². The fraction of sp³-hybridized carbons (Fsp3) is 0.409. The molecule has 0 unspecified atom stereocenters. The summed E-state index contributed by atoms with van der Waals surface area (Å²) in [4.78, 5) is 41.7. The molecule has 0 radical (unpaired) electrons. The number of alkyl carbamates (subject to hydrolysis) is 1. The molecule has 0 saturated heterocycles. The first-order valence-electron chi connectivity index (χ1n) is 9.92. The van der Waals surface area contributed by atoms with Gasteiger partial charge in [-0.15, -0.1) is 0 Å². The molecule has 0 aliphatic carbocycles. The van der Waals surface area contributed by atoms with Gasteiger partial charge in [-0.1, -0.05) is 50.6 Å². The van der Waals surface area contributed by atoms with Crippen LogP contribution in [0, 0.1) is 5.92 Å². The lowest BCUT2D eigenvalue weighted by atomic mass is 9.81. The number of rotatable bonds is 5. The molecule has 3 atom stereocenters. The number of hydrogen-bond donors (Lipinski definition) is 2. The van der Waals surface area contributed by atoms with E-state index in [1.54, 1.807) is 11.0 Å². The van der Waals surface area contributed by atoms with Gasteiger partial charge < -0.3 is 19.9 Å². The van der Waals surface area contributed by atoms with Gasteiger partial charge in [0.2, 0.25) is 5.91 Å². The van der Waals surface area contributed by atoms with Crippen LogP contribution < -0.4 is 15.8 Å². The molecule has 2 aromatic rings. The van der Waals surface area contributed by atoms with Crippen LogP contribution in [-0.2, 0) is 16.1 Å². The largest absolute Gasteiger partial charge is 0.445 e. The van der Waals surface area contributed by atoms with Crippen LogP contribution in [0.2, 0.25) is 0 Å². The van der Waals surface area contributed by atoms with Crippen molar-refractivity contribution in [2.45, 2.75) is 52.3 Å². The fourth-order valence-corrected chi connectivity index (χ4v) is 4.07. The van der Waals surface area contributed by atoms with Crippen molar-refractivity contribution < 1.29 is 14.3 Å². The number of pyridine rings is 1. The number of hydrogen-bond acceptors (Lipinski definition) is 4. The maximum Gasteiger partial charge on any atom is 0.407 e. The van der Waals surface area contributed by atoms with Crippen LogP contribution in [0.5, 0.6) is 0 Å². The minimum atomic E-state index is -0.552. The number of aromatic amines is 1. The van der Waals surface area contributed by atoms with Crippen LogP contribution in [0.3, 0.4) is 0 Å². The van der Waals surface area contributed by atoms with Gasteiger partial charge in [-0.3, -0.25) is 9.59 Å². The highest BCUT2D eigenvalue weighted by Gasteiger charge is 2.42. The number of aromatic nitrogens is 1. The molecular formula is C22H27N3O4. The van der Waals surface area contributed by atoms with Gasteiger partial charge in [0, 0.05) is 30.6 Å². The first kappa shape index (κ1) is 20.6. The summed E-state index contributed by atoms with van der Waals surface area (Å²) < 4.78 is 5.38. The van der Waals surface area contributed by atoms with E-state index in [1.807, 2.05) is 44.2 Å². The monoisotopic (exact) mass is 397 g/mol. The quantitative estimate of drug-likeness (QED) is 0.808. The molecule has 2 amide bonds. The van der Waals surface area contributed by atoms with Crippen molar-refractivity contribution in [2.75, 3.05) is 4.90 Å². The molecule has 29 heavy (non-hydrogen) atoms. The number of benzene rings is 1. The summed E-state index contributed by atoms with van der Waals surface area (Å²) >= 11 is 0. The number of fused-ring (bicyclic) bond motifs is 1. The zero-order chi connectivity index (χ0) is 21.0. The van der Waals surface area contributed by atoms with Crippen molar-refractivity contribution >= 4 is 17.7 Å². The third-order valence-electron chi connectivity index (χ3n) is 5.42. The lowest BCUT2D eigenvalue weighted by molar-refractivity contribution is -0.117. The molecule has 1 aliphatic rings. The Balaban J connectivity index is 1.88. The number of amides is 2. The lowest BCUT2D eigenvalue weighted by Crippen LogP contribution is -2.54. The van der Waals surface area contributed by atoms with Crippen molar-refractivity contribution in [1.82, 2.24) is 10.3 Å². The lowest BCUT2D eigenvalue weighted by Gasteiger charge is -2.44. The number of H-pyrrole nitrogens is 1. The Morgan fingerprint density at radius 2 is 1.93 bits per heavy atom. The second-order valence-corrected chi connectivity index (χ2v) is 7.40. The smallest absolute Gasteiger partial charge is 0.407 e. The van der Waals surface area contributed by atoms with Crippen molar-refractivity contribution in [3.05, 3.63) is 64.1 Å². The standard InChI is InChI=1S/C22H27N3O4/c1-4-8-18-14(2)19(24-22(28)29-13-16-9-6-5-7-10-16)17-11-12-23-21(27)20(17)25(18)15(3)26/h5-7,9-12,14,18-19H,4,8,13H2,1-3H3,(H,23,27)(H,24,28)/t14-,18-,19+/m0/s1. The van der Waals surface area contributed by atoms with E-state index in [9.17, 15) is 14.4 Å². The summed E-state index contributed by atoms with van der Waals surface area (Å²) in [5.74, 6) is -0.268. The van der Waals surface area contributed by atoms with Gasteiger partial charge in [-0.25, -0.2) is 4.79 Å². The van der Waals surface area contributed by atoms with Crippen molar-refractivity contribution in [1.29, 1.82) is 0 Å². The second kappa shape index (κ2) is 8.94. The van der Waals surface area contributed by atoms with E-state index < -0.39 is 12.1 Å². The van der Waals surface area contributed by atoms with Gasteiger partial charge in [-0.2, -0.15) is 0 Å². The number of nitrogens with zero attached hydrogens (tertiary/aromatic N) is 1. The highest BCUT2D eigenvalue weighted by atomic mass is 16.5. The first-order valence-corrected chi connectivity index (χ1v) is 9.92. The second-order valence-electron chi connectivity index (χ2n) is 7.40. The molecule has 7 nitrogen and oxygen atoms in total. The molecule has 154 valence electrons. The molecule has 0 spiro atoms. The number of nitrogens with one attached hydrogen (secondary N) is 2. The summed E-state index contributed by atoms with van der Waals surface area (Å²) in [6.45, 7) is 5.65. The van der Waals surface area contributed by atoms with Crippen LogP contribution in [0.25, 0.3) is 0 Å². The van der Waals surface area contributed by atoms with Crippen LogP contribution >= 0.6 is 0 Å². The maximum absolute atomic E-state index is 12.6. The highest BCUT2D eigenvalue weighted by molar-refractivity contribution is 5.93. The molecule has 0 fully saturated rings. The Kier molecular flexibility index (Phi) is 6.36. The average molecular weight is 397 g/mol. The Hall–Kier alpha value is -3.09. The Labute approximate surface area is 170 Å². The summed E-state index contributed by atoms with van der Waals surface area (Å²) in [5.41, 5.74) is 1.49. The number of anilines is 1. The van der Waals surface area contributed by atoms with Gasteiger partial charge in [-0.05, 0) is 18.1 Å². The summed E-state index contributed by atoms with van der Waals surface area (Å²) in [6, 6.07) is 10.6. The van der Waals surface area contributed by atoms with Gasteiger partial charge >= 0.3 is 6.09 Å². The van der Waals surface area contributed by atoms with Gasteiger partial charge in [0.25, 0.3) is 5.56 Å². The normalized spacial score (nSPS) is 20.7. The summed E-state index contributed by atoms with van der Waals surface area (Å²) in [6.07, 6.45) is 2.56. The zero-order valence-electron chi connectivity index (χ0n) is 17.0. The van der Waals surface area contributed by atoms with Crippen LogP contribution in [0.15, 0.2) is 47.4 Å². The molecule has 1 aromatic carbocycles. The molecule has 2 N–H and O–H groups in total. The van der Waals surface area contributed by atoms with Gasteiger partial charge in [0.1, 0.15) is 12.3 Å². The molecule has 3 rings (SSSR count). The van der Waals surface area contributed by atoms with Crippen molar-refractivity contribution in [3.8, 4) is 0 Å². The average Bonchev–Trinajstić information content (AvgIpc) is 2.70. The van der Waals surface area contributed by atoms with E-state index in [0.717, 1.165) is 18.4 Å². The molecule has 0 bridgehead atoms. The minimum absolute atomic E-state index is 0.0857. The van der Waals surface area contributed by atoms with Crippen LogP contribution in [0.1, 0.15) is 50.8 Å². The number of carbonyl (C=O) groups is 2. The summed E-state index contributed by atoms with van der Waals surface area (Å²) in [5, 5.41) is 2.92. The molecule has 0 saturated carbocycles. The van der Waals surface area contributed by atoms with E-state index in [4.69, 9.17) is 4.74 Å². The molecule has 2 heterocycles. The molecular weight excluding hydrogens is 370 g/mol. The predicted molar refractivity (Wildman–Crippen MR) is 111 cm³/mol. The van der Waals surface area contributed by atoms with Gasteiger partial charge in [0.15, 0.2) is 0 Å². The van der Waals surface area contributed by atoms with E-state index in [2.05, 4.69) is 10.3 Å². The summed E-state index contributed by atoms with van der Waals surface area (Å²) in [7, 11) is 0. The SMILES string of the molecule is CCC[C@H]1[C@H](C)[C@@H](NC(=O)OCc2ccccc2)c2cc[nH]c(=O)c2N1C(C)=O. The zero-order valence-corrected chi connectivity index (χ0v) is 17.0. The minimum Gasteiger partial charge on any atom is -0.445 e. The van der Waals surface area contributed by atoms with E-state index in [-0.39, 0.29) is 30.0 Å². The third kappa shape index (κ3) is 4.34. The van der Waals surface area contributed by atoms with E-state index >= 15 is 0 Å². The Bertz CT molecular complexity index is 925. The molecule has 1 aromatic heterocycles. The third-order valence-corrected chi connectivity index (χ3v) is 5.42. The number of ether oxygens (including phenoxy) is 1. The highest BCUT2D eigenvalue weighted by Crippen LogP contribution is 2.40. The van der Waals surface area contributed by atoms with Crippen LogP contribution in [-0.4, -0.2) is 23.0 Å². The van der Waals surface area contributed by atoms with E-state index in [0.29, 0.717) is 11.3 Å². The fourth-order valence-electron chi connectivity index (χ4n) is 4.07.